The molecule has 0 fully saturated rings. The molecule has 0 N–H and O–H groups in total. The van der Waals surface area contributed by atoms with E-state index >= 15 is 0 Å². The van der Waals surface area contributed by atoms with E-state index in [9.17, 15) is 9.59 Å². The number of carbonyl (C=O) groups is 2. The molecule has 0 saturated heterocycles. The van der Waals surface area contributed by atoms with E-state index < -0.39 is 11.9 Å². The molecule has 0 aliphatic carbocycles. The fourth-order valence-electron chi connectivity index (χ4n) is 2.90. The number of aldehydes is 1. The number of benzene rings is 2. The van der Waals surface area contributed by atoms with E-state index in [1.165, 1.54) is 0 Å². The minimum atomic E-state index is -1.18. The minimum absolute atomic E-state index is 0.209. The average Bonchev–Trinajstić information content (AvgIpc) is 2.53. The van der Waals surface area contributed by atoms with Crippen LogP contribution in [0, 0.1) is 34.6 Å². The third kappa shape index (κ3) is 4.47. The summed E-state index contributed by atoms with van der Waals surface area (Å²) in [7, 11) is 0. The number of rotatable bonds is 7. The highest BCUT2D eigenvalue weighted by Crippen LogP contribution is 2.26. The van der Waals surface area contributed by atoms with Crippen LogP contribution >= 0.6 is 0 Å². The smallest absolute Gasteiger partial charge is 0.217 e. The molecule has 0 amide bonds. The normalized spacial score (nSPS) is 11.7. The van der Waals surface area contributed by atoms with Crippen molar-refractivity contribution in [2.75, 3.05) is 6.61 Å². The molecule has 0 aliphatic heterocycles. The second-order valence-corrected chi connectivity index (χ2v) is 6.38. The molecule has 1 atom stereocenters. The van der Waals surface area contributed by atoms with Crippen LogP contribution in [0.5, 0.6) is 11.5 Å². The van der Waals surface area contributed by atoms with E-state index in [-0.39, 0.29) is 6.61 Å². The van der Waals surface area contributed by atoms with Crippen molar-refractivity contribution in [2.45, 2.75) is 40.7 Å². The Morgan fingerprint density at radius 1 is 0.960 bits per heavy atom. The van der Waals surface area contributed by atoms with Gasteiger partial charge in [-0.15, -0.1) is 0 Å². The highest BCUT2D eigenvalue weighted by Gasteiger charge is 2.22. The van der Waals surface area contributed by atoms with E-state index in [1.807, 2.05) is 65.0 Å². The molecule has 0 heterocycles. The number of ether oxygens (including phenoxy) is 2. The van der Waals surface area contributed by atoms with Gasteiger partial charge in [0.1, 0.15) is 11.5 Å². The molecule has 1 unspecified atom stereocenters. The third-order valence-electron chi connectivity index (χ3n) is 4.06. The maximum Gasteiger partial charge on any atom is 0.217 e. The zero-order valence-corrected chi connectivity index (χ0v) is 15.4. The largest absolute Gasteiger partial charge is 0.485 e. The van der Waals surface area contributed by atoms with Crippen molar-refractivity contribution in [2.24, 2.45) is 0 Å². The molecular formula is C21H24O4. The second kappa shape index (κ2) is 7.97. The predicted octanol–water partition coefficient (Wildman–Crippen LogP) is 3.82. The Morgan fingerprint density at radius 2 is 1.52 bits per heavy atom. The molecule has 2 aromatic carbocycles. The second-order valence-electron chi connectivity index (χ2n) is 6.38. The van der Waals surface area contributed by atoms with Gasteiger partial charge in [-0.2, -0.15) is 0 Å². The van der Waals surface area contributed by atoms with Crippen LogP contribution < -0.4 is 9.47 Å². The van der Waals surface area contributed by atoms with E-state index in [0.29, 0.717) is 17.8 Å². The highest BCUT2D eigenvalue weighted by atomic mass is 16.5. The molecule has 132 valence electrons. The van der Waals surface area contributed by atoms with Crippen LogP contribution in [-0.4, -0.2) is 24.8 Å². The van der Waals surface area contributed by atoms with Crippen molar-refractivity contribution in [3.63, 3.8) is 0 Å². The maximum atomic E-state index is 12.4. The van der Waals surface area contributed by atoms with Gasteiger partial charge in [0, 0.05) is 0 Å². The molecule has 0 saturated carbocycles. The quantitative estimate of drug-likeness (QED) is 0.568. The van der Waals surface area contributed by atoms with Crippen LogP contribution in [-0.2, 0) is 9.59 Å². The number of aryl methyl sites for hydroxylation is 5. The number of Topliss-reactive ketones (excluding diaryl/α,β-unsaturated/α-hetero) is 1. The van der Waals surface area contributed by atoms with Gasteiger partial charge in [-0.3, -0.25) is 9.59 Å². The predicted molar refractivity (Wildman–Crippen MR) is 97.6 cm³/mol. The van der Waals surface area contributed by atoms with Gasteiger partial charge in [0.15, 0.2) is 12.9 Å². The standard InChI is InChI=1S/C21H24O4/c1-13-9-16(4)21(17(5)10-13)25-19(11-22)18(23)12-24-20-14(2)7-6-8-15(20)3/h6-11,19H,12H2,1-5H3. The summed E-state index contributed by atoms with van der Waals surface area (Å²) in [5, 5.41) is 0. The summed E-state index contributed by atoms with van der Waals surface area (Å²) in [6.45, 7) is 9.41. The first-order valence-electron chi connectivity index (χ1n) is 8.25. The maximum absolute atomic E-state index is 12.4. The molecule has 0 aliphatic rings. The summed E-state index contributed by atoms with van der Waals surface area (Å²) in [5.74, 6) is 0.836. The molecule has 0 spiro atoms. The molecule has 0 aromatic heterocycles. The van der Waals surface area contributed by atoms with Crippen molar-refractivity contribution in [3.8, 4) is 11.5 Å². The Hall–Kier alpha value is -2.62. The summed E-state index contributed by atoms with van der Waals surface area (Å²) in [5.41, 5.74) is 4.79. The lowest BCUT2D eigenvalue weighted by Crippen LogP contribution is -2.33. The van der Waals surface area contributed by atoms with Gasteiger partial charge in [0.2, 0.25) is 11.9 Å². The summed E-state index contributed by atoms with van der Waals surface area (Å²) >= 11 is 0. The number of carbonyl (C=O) groups excluding carboxylic acids is 2. The van der Waals surface area contributed by atoms with Crippen molar-refractivity contribution in [1.29, 1.82) is 0 Å². The Bertz CT molecular complexity index is 749. The van der Waals surface area contributed by atoms with Crippen LogP contribution in [0.4, 0.5) is 0 Å². The Kier molecular flexibility index (Phi) is 5.97. The summed E-state index contributed by atoms with van der Waals surface area (Å²) in [4.78, 5) is 23.8. The van der Waals surface area contributed by atoms with Crippen molar-refractivity contribution in [1.82, 2.24) is 0 Å². The van der Waals surface area contributed by atoms with Gasteiger partial charge in [-0.1, -0.05) is 35.9 Å². The number of hydrogen-bond acceptors (Lipinski definition) is 4. The van der Waals surface area contributed by atoms with E-state index in [0.717, 1.165) is 27.8 Å². The van der Waals surface area contributed by atoms with Crippen molar-refractivity contribution in [3.05, 3.63) is 58.1 Å². The number of ketones is 1. The van der Waals surface area contributed by atoms with Crippen LogP contribution in [0.1, 0.15) is 27.8 Å². The van der Waals surface area contributed by atoms with Gasteiger partial charge >= 0.3 is 0 Å². The van der Waals surface area contributed by atoms with Crippen LogP contribution in [0.3, 0.4) is 0 Å². The molecule has 4 nitrogen and oxygen atoms in total. The highest BCUT2D eigenvalue weighted by molar-refractivity contribution is 5.97. The van der Waals surface area contributed by atoms with Gasteiger partial charge in [0.05, 0.1) is 0 Å². The zero-order chi connectivity index (χ0) is 18.6. The Labute approximate surface area is 148 Å². The van der Waals surface area contributed by atoms with E-state index in [4.69, 9.17) is 9.47 Å². The number of hydrogen-bond donors (Lipinski definition) is 0. The van der Waals surface area contributed by atoms with Crippen LogP contribution in [0.25, 0.3) is 0 Å². The molecule has 25 heavy (non-hydrogen) atoms. The van der Waals surface area contributed by atoms with Gasteiger partial charge in [-0.05, 0) is 56.9 Å². The zero-order valence-electron chi connectivity index (χ0n) is 15.4. The fraction of sp³-hybridized carbons (Fsp3) is 0.333. The monoisotopic (exact) mass is 340 g/mol. The molecule has 0 bridgehead atoms. The average molecular weight is 340 g/mol. The number of para-hydroxylation sites is 1. The summed E-state index contributed by atoms with van der Waals surface area (Å²) < 4.78 is 11.3. The van der Waals surface area contributed by atoms with Gasteiger partial charge in [0.25, 0.3) is 0 Å². The SMILES string of the molecule is Cc1cc(C)c(OC(C=O)C(=O)COc2c(C)cccc2C)c(C)c1. The lowest BCUT2D eigenvalue weighted by Gasteiger charge is -2.18. The minimum Gasteiger partial charge on any atom is -0.485 e. The molecule has 4 heteroatoms. The van der Waals surface area contributed by atoms with Crippen molar-refractivity contribution < 1.29 is 19.1 Å². The molecule has 0 radical (unpaired) electrons. The third-order valence-corrected chi connectivity index (χ3v) is 4.06. The first kappa shape index (κ1) is 18.7. The van der Waals surface area contributed by atoms with Gasteiger partial charge < -0.3 is 9.47 Å². The summed E-state index contributed by atoms with van der Waals surface area (Å²) in [6, 6.07) is 9.68. The lowest BCUT2D eigenvalue weighted by atomic mass is 10.1. The molecular weight excluding hydrogens is 316 g/mol. The first-order chi connectivity index (χ1) is 11.8. The van der Waals surface area contributed by atoms with Gasteiger partial charge in [-0.25, -0.2) is 0 Å². The topological polar surface area (TPSA) is 52.6 Å². The van der Waals surface area contributed by atoms with Crippen LogP contribution in [0.15, 0.2) is 30.3 Å². The molecule has 2 aromatic rings. The Morgan fingerprint density at radius 3 is 2.04 bits per heavy atom. The Balaban J connectivity index is 2.11. The fourth-order valence-corrected chi connectivity index (χ4v) is 2.90. The summed E-state index contributed by atoms with van der Waals surface area (Å²) in [6.07, 6.45) is -0.653. The van der Waals surface area contributed by atoms with E-state index in [1.54, 1.807) is 0 Å². The first-order valence-corrected chi connectivity index (χ1v) is 8.25. The van der Waals surface area contributed by atoms with Crippen LogP contribution in [0.2, 0.25) is 0 Å². The van der Waals surface area contributed by atoms with Crippen molar-refractivity contribution >= 4 is 12.1 Å². The molecule has 2 rings (SSSR count). The van der Waals surface area contributed by atoms with E-state index in [2.05, 4.69) is 0 Å². The lowest BCUT2D eigenvalue weighted by molar-refractivity contribution is -0.132.